The molecule has 31 heavy (non-hydrogen) atoms. The Morgan fingerprint density at radius 1 is 1.06 bits per heavy atom. The minimum atomic E-state index is -4.57. The van der Waals surface area contributed by atoms with E-state index in [1.807, 2.05) is 14.1 Å². The molecule has 2 N–H and O–H groups in total. The molecule has 0 saturated carbocycles. The minimum absolute atomic E-state index is 0.0561. The Morgan fingerprint density at radius 2 is 1.81 bits per heavy atom. The van der Waals surface area contributed by atoms with Crippen LogP contribution in [0.3, 0.4) is 0 Å². The van der Waals surface area contributed by atoms with Crippen LogP contribution in [-0.4, -0.2) is 47.0 Å². The summed E-state index contributed by atoms with van der Waals surface area (Å²) in [6.45, 7) is 1.48. The van der Waals surface area contributed by atoms with Gasteiger partial charge in [0, 0.05) is 30.6 Å². The summed E-state index contributed by atoms with van der Waals surface area (Å²) in [4.78, 5) is 14.9. The van der Waals surface area contributed by atoms with Crippen LogP contribution in [0.2, 0.25) is 5.02 Å². The van der Waals surface area contributed by atoms with Crippen molar-refractivity contribution in [3.05, 3.63) is 59.4 Å². The molecule has 0 unspecified atom stereocenters. The van der Waals surface area contributed by atoms with E-state index < -0.39 is 11.7 Å². The average molecular weight is 451 g/mol. The lowest BCUT2D eigenvalue weighted by molar-refractivity contribution is -0.136. The normalized spacial score (nSPS) is 11.6. The van der Waals surface area contributed by atoms with E-state index in [9.17, 15) is 13.2 Å². The molecule has 164 valence electrons. The fourth-order valence-corrected chi connectivity index (χ4v) is 3.09. The maximum absolute atomic E-state index is 13.5. The molecule has 3 aromatic rings. The number of anilines is 3. The molecule has 0 aliphatic rings. The van der Waals surface area contributed by atoms with Gasteiger partial charge < -0.3 is 15.5 Å². The minimum Gasteiger partial charge on any atom is -0.354 e. The molecule has 10 heteroatoms. The highest BCUT2D eigenvalue weighted by atomic mass is 35.5. The number of aromatic nitrogens is 3. The Bertz CT molecular complexity index is 1010. The van der Waals surface area contributed by atoms with Crippen LogP contribution in [0.25, 0.3) is 11.3 Å². The molecule has 0 bridgehead atoms. The summed E-state index contributed by atoms with van der Waals surface area (Å²) < 4.78 is 40.4. The molecule has 3 rings (SSSR count). The molecule has 1 aromatic carbocycles. The Labute approximate surface area is 183 Å². The van der Waals surface area contributed by atoms with Crippen LogP contribution >= 0.6 is 11.6 Å². The highest BCUT2D eigenvalue weighted by molar-refractivity contribution is 6.33. The second kappa shape index (κ2) is 9.93. The molecular formula is C21H22ClF3N6. The highest BCUT2D eigenvalue weighted by Gasteiger charge is 2.34. The lowest BCUT2D eigenvalue weighted by Crippen LogP contribution is -2.17. The monoisotopic (exact) mass is 450 g/mol. The van der Waals surface area contributed by atoms with Crippen molar-refractivity contribution in [2.45, 2.75) is 12.6 Å². The van der Waals surface area contributed by atoms with Crippen LogP contribution in [0.15, 0.2) is 48.8 Å². The van der Waals surface area contributed by atoms with E-state index in [4.69, 9.17) is 11.6 Å². The van der Waals surface area contributed by atoms with E-state index in [2.05, 4.69) is 30.5 Å². The Balaban J connectivity index is 1.95. The summed E-state index contributed by atoms with van der Waals surface area (Å²) in [5.74, 6) is 0.492. The van der Waals surface area contributed by atoms with Crippen LogP contribution in [0, 0.1) is 0 Å². The lowest BCUT2D eigenvalue weighted by atomic mass is 10.1. The van der Waals surface area contributed by atoms with Crippen molar-refractivity contribution in [3.8, 4) is 11.3 Å². The molecule has 0 atom stereocenters. The van der Waals surface area contributed by atoms with Crippen molar-refractivity contribution >= 4 is 29.1 Å². The number of nitrogens with zero attached hydrogens (tertiary/aromatic N) is 4. The van der Waals surface area contributed by atoms with Crippen molar-refractivity contribution in [1.82, 2.24) is 19.9 Å². The number of hydrogen-bond acceptors (Lipinski definition) is 6. The van der Waals surface area contributed by atoms with Crippen LogP contribution < -0.4 is 10.6 Å². The molecule has 0 saturated heterocycles. The van der Waals surface area contributed by atoms with E-state index in [0.29, 0.717) is 18.2 Å². The van der Waals surface area contributed by atoms with Crippen molar-refractivity contribution in [1.29, 1.82) is 0 Å². The molecule has 0 spiro atoms. The first-order valence-electron chi connectivity index (χ1n) is 9.55. The number of hydrogen-bond donors (Lipinski definition) is 2. The lowest BCUT2D eigenvalue weighted by Gasteiger charge is -2.17. The Hall–Kier alpha value is -2.91. The third-order valence-electron chi connectivity index (χ3n) is 4.34. The van der Waals surface area contributed by atoms with Gasteiger partial charge in [0.15, 0.2) is 0 Å². The summed E-state index contributed by atoms with van der Waals surface area (Å²) in [6.07, 6.45) is -0.488. The quantitative estimate of drug-likeness (QED) is 0.453. The van der Waals surface area contributed by atoms with Gasteiger partial charge in [-0.15, -0.1) is 0 Å². The Kier molecular flexibility index (Phi) is 7.29. The van der Waals surface area contributed by atoms with Crippen LogP contribution in [0.5, 0.6) is 0 Å². The number of para-hydroxylation sites is 1. The molecule has 2 aromatic heterocycles. The van der Waals surface area contributed by atoms with Crippen molar-refractivity contribution in [2.24, 2.45) is 0 Å². The maximum Gasteiger partial charge on any atom is 0.418 e. The molecule has 0 radical (unpaired) electrons. The van der Waals surface area contributed by atoms with Gasteiger partial charge in [-0.2, -0.15) is 18.2 Å². The number of nitrogens with one attached hydrogen (secondary N) is 2. The van der Waals surface area contributed by atoms with Gasteiger partial charge in [0.2, 0.25) is 5.95 Å². The molecule has 0 amide bonds. The van der Waals surface area contributed by atoms with E-state index in [1.165, 1.54) is 12.1 Å². The second-order valence-corrected chi connectivity index (χ2v) is 7.47. The summed E-state index contributed by atoms with van der Waals surface area (Å²) >= 11 is 6.08. The summed E-state index contributed by atoms with van der Waals surface area (Å²) in [6, 6.07) is 8.72. The van der Waals surface area contributed by atoms with Crippen molar-refractivity contribution in [2.75, 3.05) is 37.8 Å². The number of benzene rings is 1. The zero-order chi connectivity index (χ0) is 22.4. The van der Waals surface area contributed by atoms with E-state index >= 15 is 0 Å². The zero-order valence-corrected chi connectivity index (χ0v) is 17.8. The fourth-order valence-electron chi connectivity index (χ4n) is 2.87. The largest absolute Gasteiger partial charge is 0.418 e. The average Bonchev–Trinajstić information content (AvgIpc) is 2.72. The summed E-state index contributed by atoms with van der Waals surface area (Å²) in [7, 11) is 3.95. The number of pyridine rings is 1. The maximum atomic E-state index is 13.5. The van der Waals surface area contributed by atoms with Crippen LogP contribution in [-0.2, 0) is 6.18 Å². The molecular weight excluding hydrogens is 429 g/mol. The predicted octanol–water partition coefficient (Wildman–Crippen LogP) is 5.32. The molecule has 0 fully saturated rings. The van der Waals surface area contributed by atoms with E-state index in [0.717, 1.165) is 24.6 Å². The van der Waals surface area contributed by atoms with E-state index in [-0.39, 0.29) is 16.5 Å². The standard InChI is InChI=1S/C21H22ClF3N6/c1-31(2)12-4-9-27-20-28-17(14-7-10-26-11-8-14)13-18(30-20)29-19-15(21(23,24)25)5-3-6-16(19)22/h3,5-8,10-11,13H,4,9,12H2,1-2H3,(H2,27,28,29,30). The second-order valence-electron chi connectivity index (χ2n) is 7.07. The molecule has 6 nitrogen and oxygen atoms in total. The number of rotatable bonds is 8. The SMILES string of the molecule is CN(C)CCCNc1nc(Nc2c(Cl)cccc2C(F)(F)F)cc(-c2ccncc2)n1. The summed E-state index contributed by atoms with van der Waals surface area (Å²) in [5.41, 5.74) is 0.168. The topological polar surface area (TPSA) is 66.0 Å². The smallest absolute Gasteiger partial charge is 0.354 e. The molecule has 0 aliphatic carbocycles. The third-order valence-corrected chi connectivity index (χ3v) is 4.65. The number of alkyl halides is 3. The summed E-state index contributed by atoms with van der Waals surface area (Å²) in [5, 5.41) is 5.82. The van der Waals surface area contributed by atoms with Crippen molar-refractivity contribution in [3.63, 3.8) is 0 Å². The van der Waals surface area contributed by atoms with Crippen LogP contribution in [0.4, 0.5) is 30.6 Å². The first-order chi connectivity index (χ1) is 14.7. The van der Waals surface area contributed by atoms with E-state index in [1.54, 1.807) is 30.6 Å². The molecule has 2 heterocycles. The fraction of sp³-hybridized carbons (Fsp3) is 0.286. The van der Waals surface area contributed by atoms with Crippen LogP contribution in [0.1, 0.15) is 12.0 Å². The van der Waals surface area contributed by atoms with Gasteiger partial charge in [0.25, 0.3) is 0 Å². The van der Waals surface area contributed by atoms with Gasteiger partial charge in [-0.25, -0.2) is 4.98 Å². The third kappa shape index (κ3) is 6.28. The van der Waals surface area contributed by atoms with Gasteiger partial charge in [0.1, 0.15) is 5.82 Å². The van der Waals surface area contributed by atoms with Gasteiger partial charge in [-0.1, -0.05) is 17.7 Å². The zero-order valence-electron chi connectivity index (χ0n) is 17.0. The highest BCUT2D eigenvalue weighted by Crippen LogP contribution is 2.40. The molecule has 0 aliphatic heterocycles. The van der Waals surface area contributed by atoms with Gasteiger partial charge >= 0.3 is 6.18 Å². The number of halogens is 4. The Morgan fingerprint density at radius 3 is 2.48 bits per heavy atom. The van der Waals surface area contributed by atoms with Gasteiger partial charge in [-0.05, 0) is 51.3 Å². The van der Waals surface area contributed by atoms with Crippen molar-refractivity contribution < 1.29 is 13.2 Å². The predicted molar refractivity (Wildman–Crippen MR) is 117 cm³/mol. The first kappa shape index (κ1) is 22.8. The van der Waals surface area contributed by atoms with Gasteiger partial charge in [0.05, 0.1) is 22.0 Å². The first-order valence-corrected chi connectivity index (χ1v) is 9.92. The van der Waals surface area contributed by atoms with Gasteiger partial charge in [-0.3, -0.25) is 4.98 Å².